The molecule has 0 radical (unpaired) electrons. The molecule has 0 aliphatic carbocycles. The predicted molar refractivity (Wildman–Crippen MR) is 48.7 cm³/mol. The molecule has 2 N–H and O–H groups in total. The maximum absolute atomic E-state index is 13.0. The van der Waals surface area contributed by atoms with Crippen molar-refractivity contribution in [3.63, 3.8) is 0 Å². The number of aryl methyl sites for hydroxylation is 1. The first-order valence-corrected chi connectivity index (χ1v) is 4.17. The molecule has 0 aliphatic heterocycles. The normalized spacial score (nSPS) is 12.6. The van der Waals surface area contributed by atoms with Crippen LogP contribution in [0.3, 0.4) is 0 Å². The highest BCUT2D eigenvalue weighted by molar-refractivity contribution is 6.31. The van der Waals surface area contributed by atoms with Crippen LogP contribution in [0.4, 0.5) is 4.39 Å². The van der Waals surface area contributed by atoms with Gasteiger partial charge in [0.25, 0.3) is 0 Å². The molecule has 1 rings (SSSR count). The second-order valence-corrected chi connectivity index (χ2v) is 3.27. The fraction of sp³-hybridized carbons (Fsp3) is 0.222. The summed E-state index contributed by atoms with van der Waals surface area (Å²) in [4.78, 5) is 10.4. The molecule has 76 valence electrons. The fourth-order valence-corrected chi connectivity index (χ4v) is 1.33. The first kappa shape index (κ1) is 10.9. The van der Waals surface area contributed by atoms with Crippen molar-refractivity contribution in [3.8, 4) is 0 Å². The topological polar surface area (TPSA) is 57.5 Å². The zero-order valence-electron chi connectivity index (χ0n) is 7.29. The van der Waals surface area contributed by atoms with E-state index in [0.29, 0.717) is 5.56 Å². The number of carboxylic acids is 1. The Hall–Kier alpha value is -1.13. The van der Waals surface area contributed by atoms with Crippen LogP contribution in [0.25, 0.3) is 0 Å². The fourth-order valence-electron chi connectivity index (χ4n) is 1.00. The van der Waals surface area contributed by atoms with Gasteiger partial charge in [-0.15, -0.1) is 0 Å². The summed E-state index contributed by atoms with van der Waals surface area (Å²) in [6.45, 7) is 1.50. The van der Waals surface area contributed by atoms with Crippen LogP contribution in [0, 0.1) is 12.7 Å². The Labute approximate surface area is 84.7 Å². The van der Waals surface area contributed by atoms with Crippen LogP contribution >= 0.6 is 11.6 Å². The molecule has 1 unspecified atom stereocenters. The van der Waals surface area contributed by atoms with Crippen LogP contribution in [0.1, 0.15) is 17.2 Å². The van der Waals surface area contributed by atoms with E-state index in [-0.39, 0.29) is 10.6 Å². The lowest BCUT2D eigenvalue weighted by atomic mass is 10.1. The van der Waals surface area contributed by atoms with E-state index in [2.05, 4.69) is 0 Å². The van der Waals surface area contributed by atoms with Crippen molar-refractivity contribution in [2.24, 2.45) is 0 Å². The summed E-state index contributed by atoms with van der Waals surface area (Å²) in [5, 5.41) is 17.7. The summed E-state index contributed by atoms with van der Waals surface area (Å²) in [7, 11) is 0. The quantitative estimate of drug-likeness (QED) is 0.797. The van der Waals surface area contributed by atoms with Crippen LogP contribution in [0.15, 0.2) is 12.1 Å². The highest BCUT2D eigenvalue weighted by Gasteiger charge is 2.20. The van der Waals surface area contributed by atoms with E-state index >= 15 is 0 Å². The number of aliphatic hydroxyl groups is 1. The zero-order valence-corrected chi connectivity index (χ0v) is 8.05. The molecule has 0 aromatic heterocycles. The third-order valence-electron chi connectivity index (χ3n) is 1.81. The first-order chi connectivity index (χ1) is 6.43. The van der Waals surface area contributed by atoms with E-state index < -0.39 is 17.9 Å². The van der Waals surface area contributed by atoms with E-state index in [1.807, 2.05) is 0 Å². The molecule has 5 heteroatoms. The van der Waals surface area contributed by atoms with Gasteiger partial charge in [-0.2, -0.15) is 0 Å². The second kappa shape index (κ2) is 3.94. The van der Waals surface area contributed by atoms with Gasteiger partial charge in [0.15, 0.2) is 6.10 Å². The maximum atomic E-state index is 13.0. The average molecular weight is 219 g/mol. The van der Waals surface area contributed by atoms with Gasteiger partial charge in [0.05, 0.1) is 0 Å². The van der Waals surface area contributed by atoms with Gasteiger partial charge in [-0.3, -0.25) is 0 Å². The molecule has 0 saturated carbocycles. The van der Waals surface area contributed by atoms with Crippen molar-refractivity contribution < 1.29 is 19.4 Å². The Morgan fingerprint density at radius 1 is 1.57 bits per heavy atom. The van der Waals surface area contributed by atoms with Crippen molar-refractivity contribution in [3.05, 3.63) is 34.1 Å². The molecule has 0 fully saturated rings. The van der Waals surface area contributed by atoms with Gasteiger partial charge in [-0.05, 0) is 24.6 Å². The van der Waals surface area contributed by atoms with Crippen molar-refractivity contribution in [1.82, 2.24) is 0 Å². The Kier molecular flexibility index (Phi) is 3.08. The molecule has 1 aromatic carbocycles. The second-order valence-electron chi connectivity index (χ2n) is 2.86. The lowest BCUT2D eigenvalue weighted by Crippen LogP contribution is -2.11. The molecule has 0 amide bonds. The number of rotatable bonds is 2. The molecule has 1 atom stereocenters. The molecule has 14 heavy (non-hydrogen) atoms. The Balaban J connectivity index is 3.22. The average Bonchev–Trinajstić information content (AvgIpc) is 2.10. The number of aliphatic carboxylic acids is 1. The van der Waals surface area contributed by atoms with E-state index in [1.54, 1.807) is 0 Å². The molecule has 0 saturated heterocycles. The minimum Gasteiger partial charge on any atom is -0.479 e. The zero-order chi connectivity index (χ0) is 10.9. The summed E-state index contributed by atoms with van der Waals surface area (Å²) >= 11 is 5.65. The number of carbonyl (C=O) groups is 1. The Morgan fingerprint density at radius 3 is 2.64 bits per heavy atom. The van der Waals surface area contributed by atoms with E-state index in [4.69, 9.17) is 21.8 Å². The van der Waals surface area contributed by atoms with E-state index in [0.717, 1.165) is 6.07 Å². The van der Waals surface area contributed by atoms with Crippen molar-refractivity contribution in [2.45, 2.75) is 13.0 Å². The lowest BCUT2D eigenvalue weighted by Gasteiger charge is -2.09. The molecule has 1 aromatic rings. The summed E-state index contributed by atoms with van der Waals surface area (Å²) in [6, 6.07) is 2.20. The lowest BCUT2D eigenvalue weighted by molar-refractivity contribution is -0.146. The Morgan fingerprint density at radius 2 is 2.14 bits per heavy atom. The number of halogens is 2. The summed E-state index contributed by atoms with van der Waals surface area (Å²) in [6.07, 6.45) is -1.79. The van der Waals surface area contributed by atoms with Crippen LogP contribution in [-0.4, -0.2) is 16.2 Å². The largest absolute Gasteiger partial charge is 0.479 e. The molecular formula is C9H8ClFO3. The minimum atomic E-state index is -1.79. The number of hydrogen-bond donors (Lipinski definition) is 2. The molecule has 3 nitrogen and oxygen atoms in total. The number of carboxylic acid groups (broad SMARTS) is 1. The third kappa shape index (κ3) is 2.02. The predicted octanol–water partition coefficient (Wildman–Crippen LogP) is 1.91. The third-order valence-corrected chi connectivity index (χ3v) is 2.13. The van der Waals surface area contributed by atoms with Gasteiger partial charge in [0, 0.05) is 10.6 Å². The van der Waals surface area contributed by atoms with Gasteiger partial charge < -0.3 is 10.2 Å². The van der Waals surface area contributed by atoms with Crippen LogP contribution in [0.5, 0.6) is 0 Å². The number of benzene rings is 1. The summed E-state index contributed by atoms with van der Waals surface area (Å²) in [5.41, 5.74) is 0.165. The van der Waals surface area contributed by atoms with E-state index in [1.165, 1.54) is 13.0 Å². The minimum absolute atomic E-state index is 0.0406. The van der Waals surface area contributed by atoms with Gasteiger partial charge in [-0.1, -0.05) is 11.6 Å². The standard InChI is InChI=1S/C9H8ClFO3/c1-4-2-6(10)5(3-7(4)11)8(12)9(13)14/h2-3,8,12H,1H3,(H,13,14). The summed E-state index contributed by atoms with van der Waals surface area (Å²) < 4.78 is 13.0. The van der Waals surface area contributed by atoms with Gasteiger partial charge in [0.1, 0.15) is 5.82 Å². The molecule has 0 bridgehead atoms. The van der Waals surface area contributed by atoms with Gasteiger partial charge in [-0.25, -0.2) is 9.18 Å². The van der Waals surface area contributed by atoms with Crippen LogP contribution < -0.4 is 0 Å². The number of hydrogen-bond acceptors (Lipinski definition) is 2. The maximum Gasteiger partial charge on any atom is 0.337 e. The monoisotopic (exact) mass is 218 g/mol. The van der Waals surface area contributed by atoms with Gasteiger partial charge in [0.2, 0.25) is 0 Å². The highest BCUT2D eigenvalue weighted by Crippen LogP contribution is 2.26. The molecule has 0 heterocycles. The molecule has 0 spiro atoms. The van der Waals surface area contributed by atoms with E-state index in [9.17, 15) is 9.18 Å². The number of aliphatic hydroxyl groups excluding tert-OH is 1. The molecule has 0 aliphatic rings. The van der Waals surface area contributed by atoms with Crippen LogP contribution in [0.2, 0.25) is 5.02 Å². The van der Waals surface area contributed by atoms with Crippen molar-refractivity contribution in [2.75, 3.05) is 0 Å². The molecular weight excluding hydrogens is 211 g/mol. The Bertz CT molecular complexity index is 379. The summed E-state index contributed by atoms with van der Waals surface area (Å²) in [5.74, 6) is -2.06. The highest BCUT2D eigenvalue weighted by atomic mass is 35.5. The smallest absolute Gasteiger partial charge is 0.337 e. The first-order valence-electron chi connectivity index (χ1n) is 3.80. The van der Waals surface area contributed by atoms with Crippen LogP contribution in [-0.2, 0) is 4.79 Å². The SMILES string of the molecule is Cc1cc(Cl)c(C(O)C(=O)O)cc1F. The van der Waals surface area contributed by atoms with Gasteiger partial charge >= 0.3 is 5.97 Å². The van der Waals surface area contributed by atoms with Crippen molar-refractivity contribution in [1.29, 1.82) is 0 Å². The van der Waals surface area contributed by atoms with Crippen molar-refractivity contribution >= 4 is 17.6 Å².